The molecular weight excluding hydrogens is 667 g/mol. The van der Waals surface area contributed by atoms with E-state index in [-0.39, 0.29) is 12.0 Å². The zero-order valence-electron chi connectivity index (χ0n) is 31.2. The number of nitrogens with zero attached hydrogens (tertiary/aromatic N) is 2. The van der Waals surface area contributed by atoms with Gasteiger partial charge in [-0.2, -0.15) is 0 Å². The maximum Gasteiger partial charge on any atom is 0.0418 e. The van der Waals surface area contributed by atoms with Crippen LogP contribution in [0.3, 0.4) is 0 Å². The molecule has 1 aromatic heterocycles. The third-order valence-corrected chi connectivity index (χ3v) is 11.1. The van der Waals surface area contributed by atoms with Gasteiger partial charge in [0, 0.05) is 93.2 Å². The Labute approximate surface area is 320 Å². The van der Waals surface area contributed by atoms with Crippen LogP contribution in [-0.2, 0) is 19.4 Å². The average molecular weight is 720 g/mol. The second-order valence-corrected chi connectivity index (χ2v) is 15.0. The summed E-state index contributed by atoms with van der Waals surface area (Å²) in [6.45, 7) is 24.9. The quantitative estimate of drug-likeness (QED) is 0.0650. The highest BCUT2D eigenvalue weighted by Gasteiger charge is 2.24. The van der Waals surface area contributed by atoms with E-state index in [1.165, 1.54) is 27.5 Å². The number of benzene rings is 4. The Morgan fingerprint density at radius 1 is 0.906 bits per heavy atom. The summed E-state index contributed by atoms with van der Waals surface area (Å²) in [5.41, 5.74) is 20.6. The predicted molar refractivity (Wildman–Crippen MR) is 232 cm³/mol. The molecule has 6 heteroatoms. The van der Waals surface area contributed by atoms with Crippen LogP contribution in [0.2, 0.25) is 0 Å². The maximum atomic E-state index is 6.18. The molecule has 0 radical (unpaired) electrons. The second kappa shape index (κ2) is 16.6. The lowest BCUT2D eigenvalue weighted by atomic mass is 9.92. The van der Waals surface area contributed by atoms with Gasteiger partial charge in [-0.15, -0.1) is 12.6 Å². The molecule has 4 aromatic carbocycles. The van der Waals surface area contributed by atoms with Gasteiger partial charge in [-0.1, -0.05) is 118 Å². The molecule has 5 nitrogen and oxygen atoms in total. The molecular formula is C47H53N5S. The van der Waals surface area contributed by atoms with Crippen molar-refractivity contribution in [2.45, 2.75) is 52.1 Å². The number of anilines is 1. The lowest BCUT2D eigenvalue weighted by Gasteiger charge is -2.35. The van der Waals surface area contributed by atoms with Gasteiger partial charge in [-0.25, -0.2) is 0 Å². The van der Waals surface area contributed by atoms with E-state index in [1.807, 2.05) is 18.2 Å². The zero-order chi connectivity index (χ0) is 37.6. The van der Waals surface area contributed by atoms with Gasteiger partial charge in [0.25, 0.3) is 0 Å². The number of nitrogens with two attached hydrogens (primary N) is 2. The van der Waals surface area contributed by atoms with Crippen molar-refractivity contribution in [3.05, 3.63) is 171 Å². The number of fused-ring (bicyclic) bond motifs is 2. The summed E-state index contributed by atoms with van der Waals surface area (Å²) in [5, 5.41) is 10.6. The van der Waals surface area contributed by atoms with Crippen LogP contribution in [0.25, 0.3) is 34.7 Å². The van der Waals surface area contributed by atoms with Crippen molar-refractivity contribution < 1.29 is 0 Å². The summed E-state index contributed by atoms with van der Waals surface area (Å²) in [6.07, 6.45) is 9.19. The molecule has 0 saturated carbocycles. The van der Waals surface area contributed by atoms with Crippen molar-refractivity contribution in [2.75, 3.05) is 18.8 Å². The summed E-state index contributed by atoms with van der Waals surface area (Å²) in [6, 6.07) is 30.0. The number of rotatable bonds is 15. The first-order valence-corrected chi connectivity index (χ1v) is 19.0. The molecule has 1 aliphatic carbocycles. The monoisotopic (exact) mass is 719 g/mol. The summed E-state index contributed by atoms with van der Waals surface area (Å²) in [5.74, 6) is 0.211. The molecule has 53 heavy (non-hydrogen) atoms. The van der Waals surface area contributed by atoms with Crippen molar-refractivity contribution in [1.82, 2.24) is 14.8 Å². The molecule has 0 unspecified atom stereocenters. The van der Waals surface area contributed by atoms with Crippen LogP contribution in [0.4, 0.5) is 5.69 Å². The van der Waals surface area contributed by atoms with Gasteiger partial charge in [0.2, 0.25) is 0 Å². The standard InChI is InChI=1S/C47H53N5S/c1-31-27-42(49)18-17-38(31)24-25-51(33(3)23-26-52-35(5)44-13-9-10-14-45(44)36(52)6)30-32(2)46(29-37-15-16-39-11-7-8-12-40(39)28-37)50-34(4)43-21-19-41(48)20-22-47(43)53/h7-19,21-22,27-28,32,46,50,53H,3-6,20,23-26,29-30,48-49H2,1-2H3/t32-,46-/m0/s1. The fraction of sp³-hybridized carbons (Fsp3) is 0.234. The number of hydrogen-bond acceptors (Lipinski definition) is 5. The molecule has 1 aliphatic rings. The normalized spacial score (nSPS) is 14.2. The predicted octanol–water partition coefficient (Wildman–Crippen LogP) is 8.29. The van der Waals surface area contributed by atoms with E-state index >= 15 is 0 Å². The van der Waals surface area contributed by atoms with Crippen molar-refractivity contribution in [1.29, 1.82) is 0 Å². The van der Waals surface area contributed by atoms with Crippen LogP contribution in [0, 0.1) is 12.8 Å². The van der Waals surface area contributed by atoms with E-state index < -0.39 is 0 Å². The van der Waals surface area contributed by atoms with Crippen LogP contribution < -0.4 is 27.5 Å². The number of nitrogen functional groups attached to an aromatic ring is 1. The van der Waals surface area contributed by atoms with Crippen LogP contribution in [-0.4, -0.2) is 28.6 Å². The third-order valence-electron chi connectivity index (χ3n) is 10.7. The Balaban J connectivity index is 1.28. The summed E-state index contributed by atoms with van der Waals surface area (Å²) < 4.78 is 2.24. The van der Waals surface area contributed by atoms with Gasteiger partial charge in [-0.3, -0.25) is 0 Å². The Hall–Kier alpha value is -5.33. The number of aromatic nitrogens is 1. The molecule has 0 amide bonds. The number of allylic oxidation sites excluding steroid dienone is 5. The SMILES string of the molecule is C=C(N[C@@H](Cc1ccc2ccccc2c1)[C@@H](C)CN(CCc1ccc(N)cc1C)C(=C)CCn1c(=C)c2ccccc2c1=C)C1=CC=C(N)CC=C1S. The highest BCUT2D eigenvalue weighted by atomic mass is 32.1. The van der Waals surface area contributed by atoms with E-state index in [4.69, 9.17) is 30.7 Å². The number of aryl methyl sites for hydroxylation is 1. The molecule has 1 heterocycles. The first-order chi connectivity index (χ1) is 25.5. The highest BCUT2D eigenvalue weighted by Crippen LogP contribution is 2.27. The van der Waals surface area contributed by atoms with Crippen LogP contribution in [0.15, 0.2) is 144 Å². The molecule has 6 rings (SSSR count). The zero-order valence-corrected chi connectivity index (χ0v) is 32.1. The summed E-state index contributed by atoms with van der Waals surface area (Å²) in [4.78, 5) is 3.35. The fourth-order valence-electron chi connectivity index (χ4n) is 7.46. The summed E-state index contributed by atoms with van der Waals surface area (Å²) in [7, 11) is 0. The molecule has 2 atom stereocenters. The maximum absolute atomic E-state index is 6.18. The van der Waals surface area contributed by atoms with E-state index in [9.17, 15) is 0 Å². The molecule has 5 N–H and O–H groups in total. The van der Waals surface area contributed by atoms with Gasteiger partial charge >= 0.3 is 0 Å². The molecule has 272 valence electrons. The number of nitrogens with one attached hydrogen (secondary N) is 1. The Morgan fingerprint density at radius 3 is 2.32 bits per heavy atom. The van der Waals surface area contributed by atoms with Crippen molar-refractivity contribution in [3.8, 4) is 0 Å². The minimum Gasteiger partial charge on any atom is -0.402 e. The highest BCUT2D eigenvalue weighted by molar-refractivity contribution is 7.84. The first kappa shape index (κ1) is 37.4. The molecule has 0 fully saturated rings. The molecule has 0 aliphatic heterocycles. The lowest BCUT2D eigenvalue weighted by molar-refractivity contribution is 0.252. The minimum atomic E-state index is 0.0662. The van der Waals surface area contributed by atoms with Crippen LogP contribution in [0.5, 0.6) is 0 Å². The van der Waals surface area contributed by atoms with E-state index in [2.05, 4.69) is 133 Å². The molecule has 5 aromatic rings. The fourth-order valence-corrected chi connectivity index (χ4v) is 7.76. The Bertz CT molecular complexity index is 2310. The number of hydrogen-bond donors (Lipinski definition) is 4. The second-order valence-electron chi connectivity index (χ2n) is 14.5. The van der Waals surface area contributed by atoms with Gasteiger partial charge < -0.3 is 26.3 Å². The summed E-state index contributed by atoms with van der Waals surface area (Å²) >= 11 is 4.83. The van der Waals surface area contributed by atoms with Gasteiger partial charge in [0.15, 0.2) is 0 Å². The van der Waals surface area contributed by atoms with Gasteiger partial charge in [-0.05, 0) is 71.4 Å². The lowest BCUT2D eigenvalue weighted by Crippen LogP contribution is -2.42. The average Bonchev–Trinajstić information content (AvgIpc) is 3.26. The van der Waals surface area contributed by atoms with Gasteiger partial charge in [0.05, 0.1) is 0 Å². The molecule has 0 spiro atoms. The largest absolute Gasteiger partial charge is 0.402 e. The van der Waals surface area contributed by atoms with Crippen LogP contribution >= 0.6 is 12.6 Å². The van der Waals surface area contributed by atoms with Crippen molar-refractivity contribution in [3.63, 3.8) is 0 Å². The minimum absolute atomic E-state index is 0.0662. The van der Waals surface area contributed by atoms with Crippen molar-refractivity contribution in [2.24, 2.45) is 11.7 Å². The van der Waals surface area contributed by atoms with Crippen LogP contribution in [0.1, 0.15) is 36.5 Å². The van der Waals surface area contributed by atoms with Crippen molar-refractivity contribution >= 4 is 53.0 Å². The van der Waals surface area contributed by atoms with E-state index in [0.717, 1.165) is 93.6 Å². The van der Waals surface area contributed by atoms with Gasteiger partial charge in [0.1, 0.15) is 0 Å². The smallest absolute Gasteiger partial charge is 0.0418 e. The Kier molecular flexibility index (Phi) is 11.7. The molecule has 0 bridgehead atoms. The Morgan fingerprint density at radius 2 is 1.60 bits per heavy atom. The number of thiol groups is 1. The van der Waals surface area contributed by atoms with E-state index in [0.29, 0.717) is 6.42 Å². The van der Waals surface area contributed by atoms with E-state index in [1.54, 1.807) is 0 Å². The topological polar surface area (TPSA) is 72.2 Å². The third kappa shape index (κ3) is 8.83. The molecule has 0 saturated heterocycles. The first-order valence-electron chi connectivity index (χ1n) is 18.5.